The zero-order valence-electron chi connectivity index (χ0n) is 10.4. The van der Waals surface area contributed by atoms with Gasteiger partial charge in [-0.2, -0.15) is 0 Å². The van der Waals surface area contributed by atoms with E-state index in [1.54, 1.807) is 7.11 Å². The molecule has 0 amide bonds. The van der Waals surface area contributed by atoms with Crippen LogP contribution in [0.3, 0.4) is 0 Å². The summed E-state index contributed by atoms with van der Waals surface area (Å²) in [6, 6.07) is 8.04. The van der Waals surface area contributed by atoms with Crippen LogP contribution in [-0.2, 0) is 0 Å². The van der Waals surface area contributed by atoms with Crippen LogP contribution in [0, 0.1) is 0 Å². The van der Waals surface area contributed by atoms with Crippen LogP contribution < -0.4 is 10.5 Å². The number of hydrogen-bond acceptors (Lipinski definition) is 3. The lowest BCUT2D eigenvalue weighted by atomic mass is 10.0. The number of methoxy groups -OCH3 is 1. The van der Waals surface area contributed by atoms with E-state index >= 15 is 0 Å². The van der Waals surface area contributed by atoms with Crippen molar-refractivity contribution in [1.82, 2.24) is 4.90 Å². The van der Waals surface area contributed by atoms with E-state index in [9.17, 15) is 0 Å². The number of nitrogens with zero attached hydrogens (tertiary/aromatic N) is 1. The van der Waals surface area contributed by atoms with Crippen molar-refractivity contribution in [1.29, 1.82) is 0 Å². The molecule has 1 aromatic carbocycles. The van der Waals surface area contributed by atoms with E-state index in [2.05, 4.69) is 19.0 Å². The van der Waals surface area contributed by atoms with Crippen molar-refractivity contribution >= 4 is 0 Å². The molecule has 3 nitrogen and oxygen atoms in total. The summed E-state index contributed by atoms with van der Waals surface area (Å²) < 4.78 is 5.30. The molecule has 0 aliphatic rings. The van der Waals surface area contributed by atoms with Gasteiger partial charge < -0.3 is 15.4 Å². The van der Waals surface area contributed by atoms with Crippen LogP contribution in [0.1, 0.15) is 24.4 Å². The van der Waals surface area contributed by atoms with E-state index in [0.29, 0.717) is 0 Å². The molecule has 16 heavy (non-hydrogen) atoms. The van der Waals surface area contributed by atoms with Crippen LogP contribution in [0.2, 0.25) is 0 Å². The van der Waals surface area contributed by atoms with E-state index in [0.717, 1.165) is 30.7 Å². The monoisotopic (exact) mass is 222 g/mol. The van der Waals surface area contributed by atoms with Gasteiger partial charge in [0.2, 0.25) is 0 Å². The normalized spacial score (nSPS) is 12.8. The third-order valence-corrected chi connectivity index (χ3v) is 2.66. The van der Waals surface area contributed by atoms with Crippen LogP contribution in [0.15, 0.2) is 24.3 Å². The molecule has 0 bridgehead atoms. The predicted molar refractivity (Wildman–Crippen MR) is 67.7 cm³/mol. The Morgan fingerprint density at radius 3 is 2.62 bits per heavy atom. The highest BCUT2D eigenvalue weighted by Gasteiger charge is 2.10. The second-order valence-electron chi connectivity index (χ2n) is 4.29. The van der Waals surface area contributed by atoms with Gasteiger partial charge in [0, 0.05) is 11.6 Å². The van der Waals surface area contributed by atoms with Gasteiger partial charge in [0.25, 0.3) is 0 Å². The Hall–Kier alpha value is -1.06. The summed E-state index contributed by atoms with van der Waals surface area (Å²) in [6.07, 6.45) is 2.09. The summed E-state index contributed by atoms with van der Waals surface area (Å²) in [5.41, 5.74) is 7.26. The predicted octanol–water partition coefficient (Wildman–Crippen LogP) is 2.04. The zero-order valence-corrected chi connectivity index (χ0v) is 10.4. The number of ether oxygens (including phenoxy) is 1. The molecular formula is C13H22N2O. The van der Waals surface area contributed by atoms with Crippen molar-refractivity contribution in [3.63, 3.8) is 0 Å². The minimum absolute atomic E-state index is 0.0658. The molecule has 0 radical (unpaired) electrons. The fraction of sp³-hybridized carbons (Fsp3) is 0.538. The van der Waals surface area contributed by atoms with Crippen molar-refractivity contribution < 1.29 is 4.74 Å². The van der Waals surface area contributed by atoms with Crippen molar-refractivity contribution in [2.75, 3.05) is 27.7 Å². The third kappa shape index (κ3) is 3.83. The highest BCUT2D eigenvalue weighted by Crippen LogP contribution is 2.25. The minimum Gasteiger partial charge on any atom is -0.496 e. The van der Waals surface area contributed by atoms with Gasteiger partial charge in [-0.1, -0.05) is 18.2 Å². The molecule has 0 heterocycles. The Labute approximate surface area is 98.2 Å². The van der Waals surface area contributed by atoms with E-state index < -0.39 is 0 Å². The first-order chi connectivity index (χ1) is 7.65. The fourth-order valence-corrected chi connectivity index (χ4v) is 1.76. The van der Waals surface area contributed by atoms with Crippen LogP contribution in [0.25, 0.3) is 0 Å². The Morgan fingerprint density at radius 1 is 1.31 bits per heavy atom. The summed E-state index contributed by atoms with van der Waals surface area (Å²) in [5, 5.41) is 0. The van der Waals surface area contributed by atoms with Crippen LogP contribution >= 0.6 is 0 Å². The standard InChI is InChI=1S/C13H22N2O/c1-15(2)10-6-8-12(14)11-7-4-5-9-13(11)16-3/h4-5,7,9,12H,6,8,10,14H2,1-3H3. The van der Waals surface area contributed by atoms with E-state index in [1.165, 1.54) is 0 Å². The third-order valence-electron chi connectivity index (χ3n) is 2.66. The fourth-order valence-electron chi connectivity index (χ4n) is 1.76. The lowest BCUT2D eigenvalue weighted by molar-refractivity contribution is 0.378. The quantitative estimate of drug-likeness (QED) is 0.800. The van der Waals surface area contributed by atoms with Crippen molar-refractivity contribution in [3.8, 4) is 5.75 Å². The molecule has 1 unspecified atom stereocenters. The molecule has 3 heteroatoms. The van der Waals surface area contributed by atoms with Gasteiger partial charge in [0.1, 0.15) is 5.75 Å². The van der Waals surface area contributed by atoms with Gasteiger partial charge in [-0.05, 0) is 39.5 Å². The molecule has 90 valence electrons. The lowest BCUT2D eigenvalue weighted by Gasteiger charge is -2.16. The number of rotatable bonds is 6. The smallest absolute Gasteiger partial charge is 0.123 e. The second-order valence-corrected chi connectivity index (χ2v) is 4.29. The molecule has 1 atom stereocenters. The molecule has 0 aliphatic carbocycles. The molecular weight excluding hydrogens is 200 g/mol. The Morgan fingerprint density at radius 2 is 2.00 bits per heavy atom. The molecule has 0 aliphatic heterocycles. The molecule has 0 spiro atoms. The molecule has 0 fully saturated rings. The van der Waals surface area contributed by atoms with Crippen molar-refractivity contribution in [3.05, 3.63) is 29.8 Å². The summed E-state index contributed by atoms with van der Waals surface area (Å²) in [7, 11) is 5.84. The molecule has 2 N–H and O–H groups in total. The zero-order chi connectivity index (χ0) is 12.0. The topological polar surface area (TPSA) is 38.5 Å². The molecule has 0 saturated carbocycles. The van der Waals surface area contributed by atoms with Gasteiger partial charge in [0.15, 0.2) is 0 Å². The number of benzene rings is 1. The van der Waals surface area contributed by atoms with E-state index in [4.69, 9.17) is 10.5 Å². The minimum atomic E-state index is 0.0658. The second kappa shape index (κ2) is 6.51. The average molecular weight is 222 g/mol. The first-order valence-corrected chi connectivity index (χ1v) is 5.68. The Kier molecular flexibility index (Phi) is 5.29. The van der Waals surface area contributed by atoms with E-state index in [1.807, 2.05) is 24.3 Å². The number of nitrogens with two attached hydrogens (primary N) is 1. The van der Waals surface area contributed by atoms with Crippen molar-refractivity contribution in [2.45, 2.75) is 18.9 Å². The number of hydrogen-bond donors (Lipinski definition) is 1. The average Bonchev–Trinajstić information content (AvgIpc) is 2.28. The largest absolute Gasteiger partial charge is 0.496 e. The van der Waals surface area contributed by atoms with Crippen LogP contribution in [0.5, 0.6) is 5.75 Å². The summed E-state index contributed by atoms with van der Waals surface area (Å²) in [6.45, 7) is 1.07. The summed E-state index contributed by atoms with van der Waals surface area (Å²) in [4.78, 5) is 2.18. The van der Waals surface area contributed by atoms with Gasteiger partial charge in [0.05, 0.1) is 7.11 Å². The molecule has 0 aromatic heterocycles. The van der Waals surface area contributed by atoms with Gasteiger partial charge in [-0.15, -0.1) is 0 Å². The molecule has 1 rings (SSSR count). The molecule has 1 aromatic rings. The van der Waals surface area contributed by atoms with Crippen LogP contribution in [-0.4, -0.2) is 32.6 Å². The number of para-hydroxylation sites is 1. The lowest BCUT2D eigenvalue weighted by Crippen LogP contribution is -2.17. The van der Waals surface area contributed by atoms with Gasteiger partial charge >= 0.3 is 0 Å². The Bertz CT molecular complexity index is 313. The Balaban J connectivity index is 2.55. The maximum Gasteiger partial charge on any atom is 0.123 e. The first-order valence-electron chi connectivity index (χ1n) is 5.68. The van der Waals surface area contributed by atoms with Gasteiger partial charge in [-0.3, -0.25) is 0 Å². The first kappa shape index (κ1) is 13.0. The highest BCUT2D eigenvalue weighted by atomic mass is 16.5. The van der Waals surface area contributed by atoms with Gasteiger partial charge in [-0.25, -0.2) is 0 Å². The maximum absolute atomic E-state index is 6.16. The highest BCUT2D eigenvalue weighted by molar-refractivity contribution is 5.35. The summed E-state index contributed by atoms with van der Waals surface area (Å²) in [5.74, 6) is 0.889. The molecule has 0 saturated heterocycles. The summed E-state index contributed by atoms with van der Waals surface area (Å²) >= 11 is 0. The SMILES string of the molecule is COc1ccccc1C(N)CCCN(C)C. The maximum atomic E-state index is 6.16. The van der Waals surface area contributed by atoms with E-state index in [-0.39, 0.29) is 6.04 Å². The van der Waals surface area contributed by atoms with Crippen molar-refractivity contribution in [2.24, 2.45) is 5.73 Å². The van der Waals surface area contributed by atoms with Crippen LogP contribution in [0.4, 0.5) is 0 Å².